The first-order valence-electron chi connectivity index (χ1n) is 9.13. The predicted octanol–water partition coefficient (Wildman–Crippen LogP) is 3.56. The lowest BCUT2D eigenvalue weighted by molar-refractivity contribution is -0.0360. The van der Waals surface area contributed by atoms with E-state index in [1.165, 1.54) is 0 Å². The Morgan fingerprint density at radius 3 is 2.78 bits per heavy atom. The van der Waals surface area contributed by atoms with Gasteiger partial charge in [-0.2, -0.15) is 0 Å². The van der Waals surface area contributed by atoms with Gasteiger partial charge in [0.25, 0.3) is 0 Å². The maximum absolute atomic E-state index is 6.01. The number of nitrogens with zero attached hydrogens (tertiary/aromatic N) is 4. The highest BCUT2D eigenvalue weighted by molar-refractivity contribution is 5.66. The van der Waals surface area contributed by atoms with Gasteiger partial charge in [0.1, 0.15) is 17.6 Å². The largest absolute Gasteiger partial charge is 0.468 e. The second kappa shape index (κ2) is 6.98. The van der Waals surface area contributed by atoms with Crippen molar-refractivity contribution in [1.82, 2.24) is 19.7 Å². The van der Waals surface area contributed by atoms with Gasteiger partial charge in [-0.1, -0.05) is 41.6 Å². The molecular weight excluding hydrogens is 340 g/mol. The summed E-state index contributed by atoms with van der Waals surface area (Å²) in [5.41, 5.74) is 4.15. The van der Waals surface area contributed by atoms with Gasteiger partial charge < -0.3 is 9.15 Å². The average molecular weight is 360 g/mol. The van der Waals surface area contributed by atoms with E-state index in [1.54, 1.807) is 6.26 Å². The number of aromatic nitrogens is 3. The number of hydrogen-bond acceptors (Lipinski definition) is 5. The Kier molecular flexibility index (Phi) is 4.20. The molecule has 1 saturated heterocycles. The summed E-state index contributed by atoms with van der Waals surface area (Å²) in [6.07, 6.45) is 3.64. The zero-order chi connectivity index (χ0) is 18.1. The summed E-state index contributed by atoms with van der Waals surface area (Å²) < 4.78 is 13.3. The van der Waals surface area contributed by atoms with E-state index in [1.807, 2.05) is 41.0 Å². The molecule has 0 spiro atoms. The van der Waals surface area contributed by atoms with Crippen LogP contribution in [0.1, 0.15) is 17.6 Å². The zero-order valence-electron chi connectivity index (χ0n) is 14.9. The van der Waals surface area contributed by atoms with E-state index in [0.29, 0.717) is 6.61 Å². The van der Waals surface area contributed by atoms with E-state index in [9.17, 15) is 0 Å². The second-order valence-corrected chi connectivity index (χ2v) is 6.76. The molecule has 3 aromatic heterocycles. The normalized spacial score (nSPS) is 18.1. The maximum Gasteiger partial charge on any atom is 0.121 e. The summed E-state index contributed by atoms with van der Waals surface area (Å²) in [6, 6.07) is 18.4. The van der Waals surface area contributed by atoms with Gasteiger partial charge in [-0.25, -0.2) is 4.52 Å². The van der Waals surface area contributed by atoms with E-state index in [0.717, 1.165) is 47.7 Å². The molecule has 1 atom stereocenters. The molecular formula is C21H20N4O2. The van der Waals surface area contributed by atoms with Crippen molar-refractivity contribution in [2.75, 3.05) is 19.7 Å². The van der Waals surface area contributed by atoms with Crippen molar-refractivity contribution in [1.29, 1.82) is 0 Å². The molecule has 0 saturated carbocycles. The molecule has 5 rings (SSSR count). The Hall–Kier alpha value is -2.96. The van der Waals surface area contributed by atoms with Gasteiger partial charge in [-0.3, -0.25) is 4.90 Å². The quantitative estimate of drug-likeness (QED) is 0.557. The Morgan fingerprint density at radius 2 is 1.93 bits per heavy atom. The number of hydrogen-bond donors (Lipinski definition) is 0. The lowest BCUT2D eigenvalue weighted by atomic mass is 10.1. The number of ether oxygens (including phenoxy) is 1. The van der Waals surface area contributed by atoms with Crippen LogP contribution < -0.4 is 0 Å². The molecule has 0 radical (unpaired) electrons. The smallest absolute Gasteiger partial charge is 0.121 e. The molecule has 1 fully saturated rings. The standard InChI is InChI=1S/C21H20N4O2/c1-2-5-16(6-3-1)17-8-9-19-21(22-23-25(19)13-17)20-15-24(10-12-27-20)14-18-7-4-11-26-18/h1-9,11,13,20H,10,12,14-15H2/t20-/m0/s1. The van der Waals surface area contributed by atoms with Crippen LogP contribution in [0.2, 0.25) is 0 Å². The van der Waals surface area contributed by atoms with Crippen LogP contribution in [0.4, 0.5) is 0 Å². The highest BCUT2D eigenvalue weighted by atomic mass is 16.5. The molecule has 0 unspecified atom stereocenters. The lowest BCUT2D eigenvalue weighted by Crippen LogP contribution is -2.37. The molecule has 4 aromatic rings. The Bertz CT molecular complexity index is 1030. The maximum atomic E-state index is 6.01. The van der Waals surface area contributed by atoms with E-state index in [2.05, 4.69) is 39.5 Å². The number of furan rings is 1. The van der Waals surface area contributed by atoms with Gasteiger partial charge in [0.2, 0.25) is 0 Å². The first-order chi connectivity index (χ1) is 13.4. The molecule has 1 aromatic carbocycles. The molecule has 0 aliphatic carbocycles. The fourth-order valence-corrected chi connectivity index (χ4v) is 3.58. The Morgan fingerprint density at radius 1 is 1.00 bits per heavy atom. The van der Waals surface area contributed by atoms with E-state index in [-0.39, 0.29) is 6.10 Å². The molecule has 6 nitrogen and oxygen atoms in total. The van der Waals surface area contributed by atoms with Crippen molar-refractivity contribution in [2.45, 2.75) is 12.6 Å². The van der Waals surface area contributed by atoms with Crippen LogP contribution in [0, 0.1) is 0 Å². The van der Waals surface area contributed by atoms with Crippen LogP contribution >= 0.6 is 0 Å². The summed E-state index contributed by atoms with van der Waals surface area (Å²) in [7, 11) is 0. The molecule has 6 heteroatoms. The van der Waals surface area contributed by atoms with Crippen LogP contribution in [-0.2, 0) is 11.3 Å². The van der Waals surface area contributed by atoms with Crippen molar-refractivity contribution in [3.8, 4) is 11.1 Å². The van der Waals surface area contributed by atoms with Gasteiger partial charge in [0, 0.05) is 24.8 Å². The van der Waals surface area contributed by atoms with Crippen LogP contribution in [-0.4, -0.2) is 39.4 Å². The van der Waals surface area contributed by atoms with Crippen LogP contribution in [0.5, 0.6) is 0 Å². The summed E-state index contributed by atoms with van der Waals surface area (Å²) in [5.74, 6) is 0.968. The monoisotopic (exact) mass is 360 g/mol. The number of benzene rings is 1. The number of morpholine rings is 1. The predicted molar refractivity (Wildman–Crippen MR) is 101 cm³/mol. The highest BCUT2D eigenvalue weighted by Gasteiger charge is 2.26. The molecule has 136 valence electrons. The summed E-state index contributed by atoms with van der Waals surface area (Å²) in [5, 5.41) is 8.75. The van der Waals surface area contributed by atoms with Gasteiger partial charge in [-0.15, -0.1) is 5.10 Å². The Balaban J connectivity index is 1.39. The minimum Gasteiger partial charge on any atom is -0.468 e. The molecule has 1 aliphatic heterocycles. The third-order valence-electron chi connectivity index (χ3n) is 4.96. The van der Waals surface area contributed by atoms with E-state index < -0.39 is 0 Å². The number of pyridine rings is 1. The molecule has 4 heterocycles. The van der Waals surface area contributed by atoms with Crippen LogP contribution in [0.25, 0.3) is 16.6 Å². The average Bonchev–Trinajstić information content (AvgIpc) is 3.38. The summed E-state index contributed by atoms with van der Waals surface area (Å²) >= 11 is 0. The number of rotatable bonds is 4. The molecule has 1 aliphatic rings. The summed E-state index contributed by atoms with van der Waals surface area (Å²) in [6.45, 7) is 3.11. The third-order valence-corrected chi connectivity index (χ3v) is 4.96. The first-order valence-corrected chi connectivity index (χ1v) is 9.13. The van der Waals surface area contributed by atoms with Gasteiger partial charge in [-0.05, 0) is 23.8 Å². The molecule has 0 bridgehead atoms. The minimum absolute atomic E-state index is 0.0891. The zero-order valence-corrected chi connectivity index (χ0v) is 14.9. The van der Waals surface area contributed by atoms with Gasteiger partial charge in [0.15, 0.2) is 0 Å². The fourth-order valence-electron chi connectivity index (χ4n) is 3.58. The molecule has 0 amide bonds. The van der Waals surface area contributed by atoms with Crippen molar-refractivity contribution in [3.05, 3.63) is 78.5 Å². The topological polar surface area (TPSA) is 55.8 Å². The van der Waals surface area contributed by atoms with Crippen molar-refractivity contribution >= 4 is 5.52 Å². The van der Waals surface area contributed by atoms with E-state index >= 15 is 0 Å². The van der Waals surface area contributed by atoms with Crippen LogP contribution in [0.3, 0.4) is 0 Å². The highest BCUT2D eigenvalue weighted by Crippen LogP contribution is 2.27. The van der Waals surface area contributed by atoms with Crippen molar-refractivity contribution in [2.24, 2.45) is 0 Å². The second-order valence-electron chi connectivity index (χ2n) is 6.76. The van der Waals surface area contributed by atoms with E-state index in [4.69, 9.17) is 9.15 Å². The van der Waals surface area contributed by atoms with Crippen LogP contribution in [0.15, 0.2) is 71.5 Å². The van der Waals surface area contributed by atoms with Crippen molar-refractivity contribution < 1.29 is 9.15 Å². The molecule has 0 N–H and O–H groups in total. The van der Waals surface area contributed by atoms with Gasteiger partial charge >= 0.3 is 0 Å². The lowest BCUT2D eigenvalue weighted by Gasteiger charge is -2.31. The minimum atomic E-state index is -0.0891. The molecule has 27 heavy (non-hydrogen) atoms. The fraction of sp³-hybridized carbons (Fsp3) is 0.238. The SMILES string of the molecule is c1ccc(-c2ccc3c([C@@H]4CN(Cc5ccco5)CCO4)nnn3c2)cc1. The number of fused-ring (bicyclic) bond motifs is 1. The summed E-state index contributed by atoms with van der Waals surface area (Å²) in [4.78, 5) is 2.33. The first kappa shape index (κ1) is 16.2. The third kappa shape index (κ3) is 3.25. The Labute approximate surface area is 157 Å². The van der Waals surface area contributed by atoms with Gasteiger partial charge in [0.05, 0.1) is 24.9 Å². The van der Waals surface area contributed by atoms with Crippen molar-refractivity contribution in [3.63, 3.8) is 0 Å².